The molecule has 1 unspecified atom stereocenters. The van der Waals surface area contributed by atoms with E-state index < -0.39 is 11.6 Å². The van der Waals surface area contributed by atoms with Gasteiger partial charge in [0.2, 0.25) is 0 Å². The van der Waals surface area contributed by atoms with Crippen molar-refractivity contribution in [3.63, 3.8) is 0 Å². The molecule has 6 nitrogen and oxygen atoms in total. The van der Waals surface area contributed by atoms with Crippen molar-refractivity contribution in [3.8, 4) is 10.6 Å². The fourth-order valence-corrected chi connectivity index (χ4v) is 5.19. The number of nitrogens with one attached hydrogen (secondary N) is 1. The number of benzene rings is 2. The fourth-order valence-electron chi connectivity index (χ4n) is 4.11. The Morgan fingerprint density at radius 1 is 1.18 bits per heavy atom. The molecule has 7 heteroatoms. The van der Waals surface area contributed by atoms with E-state index in [0.717, 1.165) is 33.8 Å². The molecule has 1 aliphatic rings. The molecule has 172 valence electrons. The molecule has 2 N–H and O–H groups in total. The van der Waals surface area contributed by atoms with Crippen LogP contribution in [0.3, 0.4) is 0 Å². The Morgan fingerprint density at radius 2 is 1.94 bits per heavy atom. The van der Waals surface area contributed by atoms with E-state index in [4.69, 9.17) is 4.74 Å². The van der Waals surface area contributed by atoms with Crippen molar-refractivity contribution in [2.24, 2.45) is 0 Å². The van der Waals surface area contributed by atoms with Crippen LogP contribution in [0.5, 0.6) is 0 Å². The molecule has 0 aliphatic carbocycles. The number of rotatable bonds is 8. The molecule has 4 rings (SSSR count). The maximum atomic E-state index is 13.0. The van der Waals surface area contributed by atoms with Gasteiger partial charge < -0.3 is 15.2 Å². The third-order valence-electron chi connectivity index (χ3n) is 5.96. The minimum absolute atomic E-state index is 0.144. The van der Waals surface area contributed by atoms with Crippen molar-refractivity contribution in [1.29, 1.82) is 0 Å². The lowest BCUT2D eigenvalue weighted by Crippen LogP contribution is -2.40. The summed E-state index contributed by atoms with van der Waals surface area (Å²) in [6.45, 7) is 4.87. The predicted octanol–water partition coefficient (Wildman–Crippen LogP) is 4.79. The Labute approximate surface area is 197 Å². The molecule has 1 atom stereocenters. The van der Waals surface area contributed by atoms with E-state index in [1.807, 2.05) is 62.4 Å². The first-order valence-corrected chi connectivity index (χ1v) is 12.0. The quantitative estimate of drug-likeness (QED) is 0.501. The number of amides is 1. The lowest BCUT2D eigenvalue weighted by atomic mass is 9.91. The summed E-state index contributed by atoms with van der Waals surface area (Å²) in [4.78, 5) is 30.1. The van der Waals surface area contributed by atoms with E-state index in [9.17, 15) is 14.7 Å². The monoisotopic (exact) mass is 464 g/mol. The molecule has 1 aliphatic heterocycles. The van der Waals surface area contributed by atoms with Gasteiger partial charge in [0.25, 0.3) is 5.91 Å². The van der Waals surface area contributed by atoms with Crippen LogP contribution in [0.2, 0.25) is 0 Å². The Balaban J connectivity index is 1.45. The summed E-state index contributed by atoms with van der Waals surface area (Å²) >= 11 is 1.41. The van der Waals surface area contributed by atoms with Crippen LogP contribution >= 0.6 is 11.3 Å². The third-order valence-corrected chi connectivity index (χ3v) is 7.11. The van der Waals surface area contributed by atoms with Gasteiger partial charge in [0.05, 0.1) is 5.69 Å². The number of carboxylic acids is 1. The smallest absolute Gasteiger partial charge is 0.336 e. The van der Waals surface area contributed by atoms with E-state index in [1.165, 1.54) is 16.9 Å². The van der Waals surface area contributed by atoms with Crippen LogP contribution < -0.4 is 5.32 Å². The predicted molar refractivity (Wildman–Crippen MR) is 129 cm³/mol. The molecule has 1 amide bonds. The number of aliphatic carboxylic acids is 1. The van der Waals surface area contributed by atoms with Gasteiger partial charge in [-0.2, -0.15) is 0 Å². The molecule has 2 heterocycles. The summed E-state index contributed by atoms with van der Waals surface area (Å²) in [5.41, 5.74) is 3.64. The Kier molecular flexibility index (Phi) is 6.91. The van der Waals surface area contributed by atoms with Gasteiger partial charge in [0, 0.05) is 25.1 Å². The van der Waals surface area contributed by atoms with Gasteiger partial charge in [0.15, 0.2) is 5.60 Å². The number of nitrogens with zero attached hydrogens (tertiary/aromatic N) is 1. The van der Waals surface area contributed by atoms with Gasteiger partial charge >= 0.3 is 5.97 Å². The molecule has 0 saturated carbocycles. The highest BCUT2D eigenvalue weighted by Gasteiger charge is 2.42. The number of aromatic nitrogens is 1. The summed E-state index contributed by atoms with van der Waals surface area (Å²) in [6, 6.07) is 15.8. The van der Waals surface area contributed by atoms with Crippen LogP contribution in [0.25, 0.3) is 10.6 Å². The maximum absolute atomic E-state index is 13.0. The second-order valence-corrected chi connectivity index (χ2v) is 9.44. The summed E-state index contributed by atoms with van der Waals surface area (Å²) < 4.78 is 5.60. The van der Waals surface area contributed by atoms with Gasteiger partial charge in [-0.1, -0.05) is 61.0 Å². The number of carboxylic acid groups (broad SMARTS) is 1. The zero-order valence-electron chi connectivity index (χ0n) is 18.9. The molecule has 0 radical (unpaired) electrons. The minimum atomic E-state index is -1.15. The second-order valence-electron chi connectivity index (χ2n) is 8.45. The Bertz CT molecular complexity index is 1150. The highest BCUT2D eigenvalue weighted by Crippen LogP contribution is 2.31. The van der Waals surface area contributed by atoms with E-state index >= 15 is 0 Å². The largest absolute Gasteiger partial charge is 0.479 e. The third kappa shape index (κ3) is 5.15. The van der Waals surface area contributed by atoms with Crippen LogP contribution in [0.15, 0.2) is 48.5 Å². The average molecular weight is 465 g/mol. The van der Waals surface area contributed by atoms with E-state index in [0.29, 0.717) is 37.3 Å². The first-order chi connectivity index (χ1) is 15.9. The lowest BCUT2D eigenvalue weighted by molar-refractivity contribution is -0.159. The number of aryl methyl sites for hydroxylation is 2. The first kappa shape index (κ1) is 23.1. The normalized spacial score (nSPS) is 17.8. The fraction of sp³-hybridized carbons (Fsp3) is 0.346. The van der Waals surface area contributed by atoms with Crippen molar-refractivity contribution < 1.29 is 19.4 Å². The van der Waals surface area contributed by atoms with Gasteiger partial charge in [-0.15, -0.1) is 11.3 Å². The van der Waals surface area contributed by atoms with Crippen molar-refractivity contribution in [1.82, 2.24) is 10.3 Å². The van der Waals surface area contributed by atoms with Crippen LogP contribution in [0.1, 0.15) is 51.8 Å². The van der Waals surface area contributed by atoms with Gasteiger partial charge in [-0.05, 0) is 37.3 Å². The number of ether oxygens (including phenoxy) is 1. The lowest BCUT2D eigenvalue weighted by Gasteiger charge is -2.23. The number of thiazole rings is 1. The standard InChI is InChI=1S/C26H28N2O4S/c1-3-21-22(33-24(28-21)20-10-8-17(2)9-11-20)23(29)27-16-19-7-4-6-18(14-19)15-26(25(30)31)12-5-13-32-26/h4,6-11,14H,3,5,12-13,15-16H2,1-2H3,(H,27,29)(H,30,31). The Hall–Kier alpha value is -3.03. The number of hydrogen-bond donors (Lipinski definition) is 2. The number of hydrogen-bond acceptors (Lipinski definition) is 5. The van der Waals surface area contributed by atoms with E-state index in [-0.39, 0.29) is 5.91 Å². The molecule has 0 spiro atoms. The van der Waals surface area contributed by atoms with Crippen molar-refractivity contribution in [2.45, 2.75) is 51.7 Å². The molecular formula is C26H28N2O4S. The number of carbonyl (C=O) groups excluding carboxylic acids is 1. The molecule has 3 aromatic rings. The van der Waals surface area contributed by atoms with Gasteiger partial charge in [0.1, 0.15) is 9.88 Å². The first-order valence-electron chi connectivity index (χ1n) is 11.2. The number of carbonyl (C=O) groups is 2. The van der Waals surface area contributed by atoms with Crippen LogP contribution in [-0.2, 0) is 28.9 Å². The zero-order valence-corrected chi connectivity index (χ0v) is 19.7. The maximum Gasteiger partial charge on any atom is 0.336 e. The molecule has 1 aromatic heterocycles. The molecule has 1 saturated heterocycles. The molecule has 1 fully saturated rings. The van der Waals surface area contributed by atoms with Crippen molar-refractivity contribution >= 4 is 23.2 Å². The highest BCUT2D eigenvalue weighted by atomic mass is 32.1. The van der Waals surface area contributed by atoms with Crippen molar-refractivity contribution in [2.75, 3.05) is 6.61 Å². The van der Waals surface area contributed by atoms with Gasteiger partial charge in [-0.25, -0.2) is 9.78 Å². The molecule has 2 aromatic carbocycles. The Morgan fingerprint density at radius 3 is 2.61 bits per heavy atom. The van der Waals surface area contributed by atoms with E-state index in [1.54, 1.807) is 0 Å². The molecular weight excluding hydrogens is 436 g/mol. The van der Waals surface area contributed by atoms with Crippen LogP contribution in [-0.4, -0.2) is 34.2 Å². The van der Waals surface area contributed by atoms with Gasteiger partial charge in [-0.3, -0.25) is 4.79 Å². The topological polar surface area (TPSA) is 88.5 Å². The molecule has 0 bridgehead atoms. The summed E-state index contributed by atoms with van der Waals surface area (Å²) in [7, 11) is 0. The zero-order chi connectivity index (χ0) is 23.4. The average Bonchev–Trinajstić information content (AvgIpc) is 3.46. The SMILES string of the molecule is CCc1nc(-c2ccc(C)cc2)sc1C(=O)NCc1cccc(CC2(C(=O)O)CCCO2)c1. The summed E-state index contributed by atoms with van der Waals surface area (Å²) in [5.74, 6) is -1.06. The highest BCUT2D eigenvalue weighted by molar-refractivity contribution is 7.17. The second kappa shape index (κ2) is 9.85. The summed E-state index contributed by atoms with van der Waals surface area (Å²) in [6.07, 6.45) is 2.26. The van der Waals surface area contributed by atoms with Crippen molar-refractivity contribution in [3.05, 3.63) is 75.8 Å². The summed E-state index contributed by atoms with van der Waals surface area (Å²) in [5, 5.41) is 13.5. The van der Waals surface area contributed by atoms with Crippen LogP contribution in [0.4, 0.5) is 0 Å². The van der Waals surface area contributed by atoms with E-state index in [2.05, 4.69) is 10.3 Å². The minimum Gasteiger partial charge on any atom is -0.479 e. The van der Waals surface area contributed by atoms with Crippen LogP contribution in [0, 0.1) is 6.92 Å². The molecule has 33 heavy (non-hydrogen) atoms.